The Kier molecular flexibility index (Phi) is 4.42. The molecule has 0 aromatic carbocycles. The molecule has 19 heavy (non-hydrogen) atoms. The molecule has 1 rings (SSSR count). The highest BCUT2D eigenvalue weighted by Gasteiger charge is 2.53. The number of anilines is 1. The van der Waals surface area contributed by atoms with Crippen LogP contribution >= 0.6 is 11.3 Å². The summed E-state index contributed by atoms with van der Waals surface area (Å²) in [4.78, 5) is 0. The van der Waals surface area contributed by atoms with Crippen LogP contribution in [-0.2, 0) is 9.84 Å². The van der Waals surface area contributed by atoms with Crippen LogP contribution in [0.1, 0.15) is 13.8 Å². The summed E-state index contributed by atoms with van der Waals surface area (Å²) in [5.74, 6) is -1.50. The molecule has 0 bridgehead atoms. The zero-order valence-electron chi connectivity index (χ0n) is 10.0. The molecular formula is C8H12F3N3O3S2. The summed E-state index contributed by atoms with van der Waals surface area (Å²) in [7, 11) is -4.36. The van der Waals surface area contributed by atoms with Crippen molar-refractivity contribution in [2.24, 2.45) is 0 Å². The second-order valence-electron chi connectivity index (χ2n) is 3.93. The summed E-state index contributed by atoms with van der Waals surface area (Å²) >= 11 is 0.616. The maximum Gasteiger partial charge on any atom is 0.417 e. The zero-order valence-corrected chi connectivity index (χ0v) is 11.7. The lowest BCUT2D eigenvalue weighted by molar-refractivity contribution is -0.243. The van der Waals surface area contributed by atoms with Gasteiger partial charge in [-0.1, -0.05) is 11.3 Å². The number of halogens is 3. The number of rotatable bonds is 5. The third kappa shape index (κ3) is 3.76. The van der Waals surface area contributed by atoms with Crippen LogP contribution in [0.25, 0.3) is 0 Å². The van der Waals surface area contributed by atoms with Gasteiger partial charge < -0.3 is 10.4 Å². The van der Waals surface area contributed by atoms with Gasteiger partial charge in [0, 0.05) is 6.54 Å². The molecule has 1 aromatic rings. The summed E-state index contributed by atoms with van der Waals surface area (Å²) < 4.78 is 60.2. The molecule has 11 heteroatoms. The maximum absolute atomic E-state index is 12.4. The molecule has 0 saturated carbocycles. The average molecular weight is 319 g/mol. The highest BCUT2D eigenvalue weighted by molar-refractivity contribution is 7.93. The molecule has 0 aliphatic heterocycles. The first-order valence-electron chi connectivity index (χ1n) is 5.09. The smallest absolute Gasteiger partial charge is 0.380 e. The number of aromatic nitrogens is 2. The van der Waals surface area contributed by atoms with Crippen LogP contribution in [0.4, 0.5) is 18.3 Å². The minimum absolute atomic E-state index is 0.188. The third-order valence-corrected chi connectivity index (χ3v) is 5.33. The topological polar surface area (TPSA) is 92.2 Å². The largest absolute Gasteiger partial charge is 0.417 e. The van der Waals surface area contributed by atoms with Gasteiger partial charge in [0.2, 0.25) is 19.3 Å². The fourth-order valence-electron chi connectivity index (χ4n) is 1.07. The summed E-state index contributed by atoms with van der Waals surface area (Å²) in [6.45, 7) is 2.61. The Labute approximate surface area is 111 Å². The van der Waals surface area contributed by atoms with E-state index >= 15 is 0 Å². The minimum atomic E-state index is -5.05. The highest BCUT2D eigenvalue weighted by Crippen LogP contribution is 2.33. The molecule has 110 valence electrons. The molecule has 0 aliphatic rings. The van der Waals surface area contributed by atoms with Crippen molar-refractivity contribution in [2.45, 2.75) is 30.0 Å². The quantitative estimate of drug-likeness (QED) is 0.843. The first kappa shape index (κ1) is 16.1. The fourth-order valence-corrected chi connectivity index (χ4v) is 3.73. The van der Waals surface area contributed by atoms with Crippen molar-refractivity contribution in [1.29, 1.82) is 0 Å². The molecule has 0 fully saturated rings. The molecule has 1 aromatic heterocycles. The van der Waals surface area contributed by atoms with Crippen LogP contribution in [0.3, 0.4) is 0 Å². The molecule has 6 nitrogen and oxygen atoms in total. The van der Waals surface area contributed by atoms with Crippen LogP contribution in [0.15, 0.2) is 4.34 Å². The number of nitrogens with zero attached hydrogens (tertiary/aromatic N) is 2. The van der Waals surface area contributed by atoms with E-state index in [2.05, 4.69) is 15.5 Å². The number of hydrogen-bond acceptors (Lipinski definition) is 7. The summed E-state index contributed by atoms with van der Waals surface area (Å²) in [5.41, 5.74) is -3.34. The lowest BCUT2D eigenvalue weighted by atomic mass is 10.1. The zero-order chi connectivity index (χ0) is 14.9. The van der Waals surface area contributed by atoms with Gasteiger partial charge in [-0.3, -0.25) is 0 Å². The van der Waals surface area contributed by atoms with Gasteiger partial charge in [-0.25, -0.2) is 8.42 Å². The first-order chi connectivity index (χ1) is 8.49. The van der Waals surface area contributed by atoms with E-state index in [-0.39, 0.29) is 5.13 Å². The molecule has 0 spiro atoms. The Morgan fingerprint density at radius 3 is 2.42 bits per heavy atom. The summed E-state index contributed by atoms with van der Waals surface area (Å²) in [6.07, 6.45) is -5.05. The predicted octanol–water partition coefficient (Wildman–Crippen LogP) is 1.06. The standard InChI is InChI=1S/C8H12F3N3O3S2/c1-3-12-5-13-14-6(18-5)19(16,17)4-7(2,15)8(9,10)11/h15H,3-4H2,1-2H3,(H,12,13). The molecule has 1 unspecified atom stereocenters. The second kappa shape index (κ2) is 5.21. The Bertz CT molecular complexity index is 539. The number of aliphatic hydroxyl groups is 1. The molecular weight excluding hydrogens is 307 g/mol. The molecule has 0 aliphatic carbocycles. The van der Waals surface area contributed by atoms with Crippen LogP contribution < -0.4 is 5.32 Å². The van der Waals surface area contributed by atoms with E-state index in [9.17, 15) is 26.7 Å². The van der Waals surface area contributed by atoms with Gasteiger partial charge >= 0.3 is 6.18 Å². The van der Waals surface area contributed by atoms with Crippen LogP contribution in [-0.4, -0.2) is 47.8 Å². The van der Waals surface area contributed by atoms with Gasteiger partial charge in [0.05, 0.1) is 5.75 Å². The normalized spacial score (nSPS) is 16.1. The van der Waals surface area contributed by atoms with Crippen molar-refractivity contribution in [2.75, 3.05) is 17.6 Å². The highest BCUT2D eigenvalue weighted by atomic mass is 32.2. The van der Waals surface area contributed by atoms with Gasteiger partial charge in [0.1, 0.15) is 0 Å². The van der Waals surface area contributed by atoms with E-state index < -0.39 is 31.7 Å². The van der Waals surface area contributed by atoms with Gasteiger partial charge in [-0.15, -0.1) is 10.2 Å². The van der Waals surface area contributed by atoms with Gasteiger partial charge in [0.15, 0.2) is 5.60 Å². The third-order valence-electron chi connectivity index (χ3n) is 2.08. The minimum Gasteiger partial charge on any atom is -0.380 e. The lowest BCUT2D eigenvalue weighted by Gasteiger charge is -2.25. The van der Waals surface area contributed by atoms with E-state index in [1.165, 1.54) is 0 Å². The maximum atomic E-state index is 12.4. The second-order valence-corrected chi connectivity index (χ2v) is 7.07. The number of sulfone groups is 1. The van der Waals surface area contributed by atoms with Crippen molar-refractivity contribution >= 4 is 26.3 Å². The van der Waals surface area contributed by atoms with Crippen molar-refractivity contribution in [3.63, 3.8) is 0 Å². The van der Waals surface area contributed by atoms with E-state index in [1.807, 2.05) is 0 Å². The van der Waals surface area contributed by atoms with Crippen LogP contribution in [0, 0.1) is 0 Å². The molecule has 0 radical (unpaired) electrons. The van der Waals surface area contributed by atoms with Crippen LogP contribution in [0.2, 0.25) is 0 Å². The van der Waals surface area contributed by atoms with Crippen molar-refractivity contribution in [3.05, 3.63) is 0 Å². The summed E-state index contributed by atoms with van der Waals surface area (Å²) in [6, 6.07) is 0. The van der Waals surface area contributed by atoms with Gasteiger partial charge in [-0.05, 0) is 13.8 Å². The number of hydrogen-bond donors (Lipinski definition) is 2. The first-order valence-corrected chi connectivity index (χ1v) is 7.56. The Balaban J connectivity index is 2.98. The predicted molar refractivity (Wildman–Crippen MR) is 62.8 cm³/mol. The van der Waals surface area contributed by atoms with E-state index in [0.717, 1.165) is 0 Å². The monoisotopic (exact) mass is 319 g/mol. The fraction of sp³-hybridized carbons (Fsp3) is 0.750. The van der Waals surface area contributed by atoms with E-state index in [1.54, 1.807) is 6.92 Å². The summed E-state index contributed by atoms with van der Waals surface area (Å²) in [5, 5.41) is 18.9. The molecule has 0 amide bonds. The van der Waals surface area contributed by atoms with Gasteiger partial charge in [-0.2, -0.15) is 13.2 Å². The van der Waals surface area contributed by atoms with E-state index in [0.29, 0.717) is 24.8 Å². The number of alkyl halides is 3. The van der Waals surface area contributed by atoms with Gasteiger partial charge in [0.25, 0.3) is 0 Å². The lowest BCUT2D eigenvalue weighted by Crippen LogP contribution is -2.47. The molecule has 2 N–H and O–H groups in total. The number of nitrogens with one attached hydrogen (secondary N) is 1. The van der Waals surface area contributed by atoms with E-state index in [4.69, 9.17) is 0 Å². The SMILES string of the molecule is CCNc1nnc(S(=O)(=O)CC(C)(O)C(F)(F)F)s1. The van der Waals surface area contributed by atoms with Crippen molar-refractivity contribution in [3.8, 4) is 0 Å². The Hall–Kier alpha value is -0.940. The average Bonchev–Trinajstić information content (AvgIpc) is 2.64. The Morgan fingerprint density at radius 1 is 1.37 bits per heavy atom. The van der Waals surface area contributed by atoms with Crippen molar-refractivity contribution in [1.82, 2.24) is 10.2 Å². The Morgan fingerprint density at radius 2 is 1.95 bits per heavy atom. The van der Waals surface area contributed by atoms with Crippen LogP contribution in [0.5, 0.6) is 0 Å². The molecule has 1 atom stereocenters. The van der Waals surface area contributed by atoms with Crippen molar-refractivity contribution < 1.29 is 26.7 Å². The molecule has 1 heterocycles. The molecule has 0 saturated heterocycles.